The highest BCUT2D eigenvalue weighted by atomic mass is 15.1. The summed E-state index contributed by atoms with van der Waals surface area (Å²) in [4.78, 5) is 3.54. The Morgan fingerprint density at radius 1 is 1.00 bits per heavy atom. The van der Waals surface area contributed by atoms with Gasteiger partial charge >= 0.3 is 0 Å². The van der Waals surface area contributed by atoms with Gasteiger partial charge in [-0.2, -0.15) is 5.11 Å². The van der Waals surface area contributed by atoms with E-state index in [-0.39, 0.29) is 0 Å². The van der Waals surface area contributed by atoms with Crippen LogP contribution in [-0.4, -0.2) is 6.34 Å². The molecule has 0 spiro atoms. The highest BCUT2D eigenvalue weighted by molar-refractivity contribution is 5.55. The van der Waals surface area contributed by atoms with Gasteiger partial charge in [-0.1, -0.05) is 13.2 Å². The molecule has 3 nitrogen and oxygen atoms in total. The van der Waals surface area contributed by atoms with E-state index in [1.54, 1.807) is 0 Å². The lowest BCUT2D eigenvalue weighted by Gasteiger charge is -1.67. The molecule has 0 N–H and O–H groups in total. The van der Waals surface area contributed by atoms with Crippen LogP contribution in [0.4, 0.5) is 0 Å². The van der Waals surface area contributed by atoms with Crippen LogP contribution in [0.15, 0.2) is 40.8 Å². The predicted molar refractivity (Wildman–Crippen MR) is 33.7 cm³/mol. The maximum absolute atomic E-state index is 3.54. The first-order chi connectivity index (χ1) is 3.91. The summed E-state index contributed by atoms with van der Waals surface area (Å²) in [6.45, 7) is 6.64. The highest BCUT2D eigenvalue weighted by Gasteiger charge is 1.55. The van der Waals surface area contributed by atoms with E-state index in [1.165, 1.54) is 18.7 Å². The number of azo groups is 1. The molecule has 0 heterocycles. The third-order valence-electron chi connectivity index (χ3n) is 0.372. The normalized spacial score (nSPS) is 10.5. The van der Waals surface area contributed by atoms with Crippen molar-refractivity contribution in [3.05, 3.63) is 25.6 Å². The molecule has 0 radical (unpaired) electrons. The molecule has 0 aliphatic carbocycles. The maximum Gasteiger partial charge on any atom is 0.137 e. The number of aliphatic imine (C=N–C) groups is 1. The van der Waals surface area contributed by atoms with Crippen LogP contribution in [0.3, 0.4) is 0 Å². The van der Waals surface area contributed by atoms with Crippen LogP contribution in [0, 0.1) is 0 Å². The van der Waals surface area contributed by atoms with Gasteiger partial charge in [0.1, 0.15) is 6.34 Å². The highest BCUT2D eigenvalue weighted by Crippen LogP contribution is 1.70. The molecule has 0 saturated heterocycles. The van der Waals surface area contributed by atoms with E-state index < -0.39 is 0 Å². The largest absolute Gasteiger partial charge is 0.244 e. The van der Waals surface area contributed by atoms with Gasteiger partial charge in [0, 0.05) is 12.4 Å². The minimum atomic E-state index is 1.29. The molecular formula is C5H7N3. The molecule has 0 atom stereocenters. The molecule has 0 aliphatic heterocycles. The Morgan fingerprint density at radius 3 is 2.25 bits per heavy atom. The molecular weight excluding hydrogens is 102 g/mol. The Labute approximate surface area is 48.2 Å². The molecule has 0 aromatic rings. The van der Waals surface area contributed by atoms with Crippen LogP contribution in [0.1, 0.15) is 0 Å². The van der Waals surface area contributed by atoms with Crippen LogP contribution in [0.2, 0.25) is 0 Å². The summed E-state index contributed by atoms with van der Waals surface area (Å²) in [5.41, 5.74) is 0. The third-order valence-corrected chi connectivity index (χ3v) is 0.372. The topological polar surface area (TPSA) is 37.1 Å². The van der Waals surface area contributed by atoms with Crippen molar-refractivity contribution in [1.82, 2.24) is 0 Å². The molecule has 0 bridgehead atoms. The van der Waals surface area contributed by atoms with Crippen molar-refractivity contribution < 1.29 is 0 Å². The van der Waals surface area contributed by atoms with E-state index in [0.717, 1.165) is 0 Å². The second kappa shape index (κ2) is 5.75. The summed E-state index contributed by atoms with van der Waals surface area (Å²) in [5, 5.41) is 6.82. The monoisotopic (exact) mass is 109 g/mol. The van der Waals surface area contributed by atoms with E-state index in [2.05, 4.69) is 28.4 Å². The summed E-state index contributed by atoms with van der Waals surface area (Å²) in [5.74, 6) is 0. The van der Waals surface area contributed by atoms with E-state index in [9.17, 15) is 0 Å². The molecule has 42 valence electrons. The van der Waals surface area contributed by atoms with Crippen LogP contribution in [-0.2, 0) is 0 Å². The molecule has 0 aliphatic rings. The standard InChI is InChI=1S/C5H7N3/c1-3-6-5-8-7-4-2/h3-5H,1-2H2/b6-5-,8-7-. The Kier molecular flexibility index (Phi) is 4.85. The van der Waals surface area contributed by atoms with Crippen molar-refractivity contribution in [2.24, 2.45) is 15.2 Å². The van der Waals surface area contributed by atoms with Gasteiger partial charge in [-0.05, 0) is 0 Å². The Bertz CT molecular complexity index is 108. The molecule has 0 saturated carbocycles. The van der Waals surface area contributed by atoms with Gasteiger partial charge in [-0.3, -0.25) is 0 Å². The summed E-state index contributed by atoms with van der Waals surface area (Å²) in [7, 11) is 0. The first-order valence-electron chi connectivity index (χ1n) is 2.05. The van der Waals surface area contributed by atoms with Crippen LogP contribution in [0.5, 0.6) is 0 Å². The second-order valence-electron chi connectivity index (χ2n) is 0.861. The van der Waals surface area contributed by atoms with Crippen LogP contribution < -0.4 is 0 Å². The van der Waals surface area contributed by atoms with E-state index >= 15 is 0 Å². The quantitative estimate of drug-likeness (QED) is 0.301. The third kappa shape index (κ3) is 4.75. The number of hydrogen-bond donors (Lipinski definition) is 0. The van der Waals surface area contributed by atoms with Gasteiger partial charge in [0.15, 0.2) is 0 Å². The Morgan fingerprint density at radius 2 is 1.75 bits per heavy atom. The lowest BCUT2D eigenvalue weighted by atomic mass is 11.0. The van der Waals surface area contributed by atoms with Crippen molar-refractivity contribution in [1.29, 1.82) is 0 Å². The molecule has 0 amide bonds. The lowest BCUT2D eigenvalue weighted by Crippen LogP contribution is -1.56. The van der Waals surface area contributed by atoms with Gasteiger partial charge in [0.2, 0.25) is 0 Å². The summed E-state index contributed by atoms with van der Waals surface area (Å²) in [6, 6.07) is 0. The minimum Gasteiger partial charge on any atom is -0.244 e. The zero-order valence-electron chi connectivity index (χ0n) is 4.49. The molecule has 0 unspecified atom stereocenters. The fourth-order valence-electron chi connectivity index (χ4n) is 0.154. The van der Waals surface area contributed by atoms with Crippen LogP contribution in [0.25, 0.3) is 0 Å². The zero-order valence-corrected chi connectivity index (χ0v) is 4.49. The lowest BCUT2D eigenvalue weighted by molar-refractivity contribution is 1.30. The maximum atomic E-state index is 3.54. The summed E-state index contributed by atoms with van der Waals surface area (Å²) >= 11 is 0. The number of rotatable bonds is 3. The summed E-state index contributed by atoms with van der Waals surface area (Å²) < 4.78 is 0. The first kappa shape index (κ1) is 6.75. The minimum absolute atomic E-state index is 1.29. The molecule has 3 heteroatoms. The average molecular weight is 109 g/mol. The van der Waals surface area contributed by atoms with Gasteiger partial charge in [-0.25, -0.2) is 4.99 Å². The van der Waals surface area contributed by atoms with Crippen molar-refractivity contribution in [2.75, 3.05) is 0 Å². The van der Waals surface area contributed by atoms with E-state index in [4.69, 9.17) is 0 Å². The van der Waals surface area contributed by atoms with Crippen molar-refractivity contribution in [2.45, 2.75) is 0 Å². The van der Waals surface area contributed by atoms with Crippen molar-refractivity contribution >= 4 is 6.34 Å². The Hall–Kier alpha value is -1.25. The Balaban J connectivity index is 3.41. The SMILES string of the molecule is C=C/N=C\N=N/C=C. The fourth-order valence-corrected chi connectivity index (χ4v) is 0.154. The summed E-state index contributed by atoms with van der Waals surface area (Å²) in [6.07, 6.45) is 3.99. The van der Waals surface area contributed by atoms with Gasteiger partial charge in [0.05, 0.1) is 0 Å². The van der Waals surface area contributed by atoms with E-state index in [1.807, 2.05) is 0 Å². The first-order valence-corrected chi connectivity index (χ1v) is 2.05. The molecule has 0 rings (SSSR count). The smallest absolute Gasteiger partial charge is 0.137 e. The van der Waals surface area contributed by atoms with Gasteiger partial charge < -0.3 is 0 Å². The molecule has 0 fully saturated rings. The second-order valence-corrected chi connectivity index (χ2v) is 0.861. The molecule has 0 aromatic heterocycles. The van der Waals surface area contributed by atoms with E-state index in [0.29, 0.717) is 0 Å². The molecule has 8 heavy (non-hydrogen) atoms. The van der Waals surface area contributed by atoms with Gasteiger partial charge in [-0.15, -0.1) is 5.11 Å². The van der Waals surface area contributed by atoms with Gasteiger partial charge in [0.25, 0.3) is 0 Å². The number of nitrogens with zero attached hydrogens (tertiary/aromatic N) is 3. The van der Waals surface area contributed by atoms with Crippen molar-refractivity contribution in [3.63, 3.8) is 0 Å². The predicted octanol–water partition coefficient (Wildman–Crippen LogP) is 1.75. The zero-order chi connectivity index (χ0) is 6.24. The van der Waals surface area contributed by atoms with Crippen molar-refractivity contribution in [3.8, 4) is 0 Å². The fraction of sp³-hybridized carbons (Fsp3) is 0. The molecule has 0 aromatic carbocycles. The number of hydrogen-bond acceptors (Lipinski definition) is 2. The average Bonchev–Trinajstić information content (AvgIpc) is 1.81. The van der Waals surface area contributed by atoms with Crippen LogP contribution >= 0.6 is 0 Å².